The molecule has 0 aromatic carbocycles. The van der Waals surface area contributed by atoms with Crippen LogP contribution in [0.2, 0.25) is 0 Å². The van der Waals surface area contributed by atoms with Crippen molar-refractivity contribution in [3.05, 3.63) is 5.82 Å². The van der Waals surface area contributed by atoms with Crippen molar-refractivity contribution < 1.29 is 0 Å². The molecular weight excluding hydrogens is 166 g/mol. The van der Waals surface area contributed by atoms with Crippen molar-refractivity contribution >= 4 is 0 Å². The van der Waals surface area contributed by atoms with Gasteiger partial charge in [0, 0.05) is 6.54 Å². The first-order valence-electron chi connectivity index (χ1n) is 4.79. The molecule has 0 spiro atoms. The van der Waals surface area contributed by atoms with Gasteiger partial charge in [-0.3, -0.25) is 4.90 Å². The molecule has 74 valence electrons. The van der Waals surface area contributed by atoms with Gasteiger partial charge in [-0.25, -0.2) is 4.68 Å². The van der Waals surface area contributed by atoms with Gasteiger partial charge in [-0.2, -0.15) is 0 Å². The van der Waals surface area contributed by atoms with Gasteiger partial charge in [0.15, 0.2) is 5.82 Å². The molecule has 13 heavy (non-hydrogen) atoms. The molecule has 1 aromatic rings. The van der Waals surface area contributed by atoms with Crippen molar-refractivity contribution in [1.82, 2.24) is 25.1 Å². The molecule has 0 fully saturated rings. The molecule has 0 atom stereocenters. The highest BCUT2D eigenvalue weighted by atomic mass is 15.5. The molecule has 0 bridgehead atoms. The predicted octanol–water partition coefficient (Wildman–Crippen LogP) is 0.535. The minimum absolute atomic E-state index is 0.837. The van der Waals surface area contributed by atoms with Crippen LogP contribution in [0, 0.1) is 0 Å². The lowest BCUT2D eigenvalue weighted by atomic mass is 10.4. The summed E-state index contributed by atoms with van der Waals surface area (Å²) in [5.41, 5.74) is 0. The number of aromatic nitrogens is 4. The third-order valence-corrected chi connectivity index (χ3v) is 2.17. The highest BCUT2D eigenvalue weighted by Gasteiger charge is 2.07. The molecule has 0 aliphatic heterocycles. The summed E-state index contributed by atoms with van der Waals surface area (Å²) < 4.78 is 1.83. The first-order valence-corrected chi connectivity index (χ1v) is 4.79. The largest absolute Gasteiger partial charge is 0.296 e. The van der Waals surface area contributed by atoms with Gasteiger partial charge in [-0.05, 0) is 30.4 Å². The Labute approximate surface area is 78.7 Å². The summed E-state index contributed by atoms with van der Waals surface area (Å²) in [7, 11) is 0. The van der Waals surface area contributed by atoms with E-state index in [9.17, 15) is 0 Å². The van der Waals surface area contributed by atoms with Crippen molar-refractivity contribution in [3.8, 4) is 0 Å². The van der Waals surface area contributed by atoms with Crippen molar-refractivity contribution in [2.75, 3.05) is 13.1 Å². The molecule has 0 saturated heterocycles. The molecule has 0 saturated carbocycles. The maximum atomic E-state index is 3.98. The first kappa shape index (κ1) is 10.1. The maximum absolute atomic E-state index is 3.98. The van der Waals surface area contributed by atoms with Crippen molar-refractivity contribution in [3.63, 3.8) is 0 Å². The second-order valence-corrected chi connectivity index (χ2v) is 2.87. The predicted molar refractivity (Wildman–Crippen MR) is 50.1 cm³/mol. The van der Waals surface area contributed by atoms with E-state index in [-0.39, 0.29) is 0 Å². The number of hydrogen-bond donors (Lipinski definition) is 0. The third-order valence-electron chi connectivity index (χ3n) is 2.17. The maximum Gasteiger partial charge on any atom is 0.165 e. The standard InChI is InChI=1S/C8H17N5/c1-4-12(5-2)7-8-9-10-11-13(8)6-3/h4-7H2,1-3H3. The Balaban J connectivity index is 2.61. The van der Waals surface area contributed by atoms with E-state index in [1.807, 2.05) is 11.6 Å². The monoisotopic (exact) mass is 183 g/mol. The van der Waals surface area contributed by atoms with Gasteiger partial charge >= 0.3 is 0 Å². The van der Waals surface area contributed by atoms with E-state index >= 15 is 0 Å². The Bertz CT molecular complexity index is 240. The number of aryl methyl sites for hydroxylation is 1. The summed E-state index contributed by atoms with van der Waals surface area (Å²) >= 11 is 0. The second kappa shape index (κ2) is 4.91. The summed E-state index contributed by atoms with van der Waals surface area (Å²) in [6.07, 6.45) is 0. The van der Waals surface area contributed by atoms with E-state index in [2.05, 4.69) is 34.3 Å². The van der Waals surface area contributed by atoms with Gasteiger partial charge in [0.05, 0.1) is 6.54 Å². The second-order valence-electron chi connectivity index (χ2n) is 2.87. The average Bonchev–Trinajstić information content (AvgIpc) is 2.61. The van der Waals surface area contributed by atoms with Gasteiger partial charge in [0.1, 0.15) is 0 Å². The van der Waals surface area contributed by atoms with E-state index in [0.29, 0.717) is 0 Å². The molecule has 0 unspecified atom stereocenters. The zero-order chi connectivity index (χ0) is 9.68. The smallest absolute Gasteiger partial charge is 0.165 e. The Kier molecular flexibility index (Phi) is 3.82. The lowest BCUT2D eigenvalue weighted by Gasteiger charge is -2.16. The van der Waals surface area contributed by atoms with Crippen LogP contribution < -0.4 is 0 Å². The Hall–Kier alpha value is -0.970. The van der Waals surface area contributed by atoms with Crippen LogP contribution in [0.15, 0.2) is 0 Å². The van der Waals surface area contributed by atoms with Crippen LogP contribution in [0.1, 0.15) is 26.6 Å². The van der Waals surface area contributed by atoms with Gasteiger partial charge in [-0.15, -0.1) is 5.10 Å². The summed E-state index contributed by atoms with van der Waals surface area (Å²) in [4.78, 5) is 2.29. The zero-order valence-electron chi connectivity index (χ0n) is 8.56. The molecule has 0 amide bonds. The molecule has 5 heteroatoms. The molecular formula is C8H17N5. The van der Waals surface area contributed by atoms with Crippen molar-refractivity contribution in [2.45, 2.75) is 33.9 Å². The van der Waals surface area contributed by atoms with E-state index in [1.54, 1.807) is 0 Å². The summed E-state index contributed by atoms with van der Waals surface area (Å²) in [6.45, 7) is 10.1. The number of tetrazole rings is 1. The molecule has 0 aliphatic rings. The molecule has 0 radical (unpaired) electrons. The summed E-state index contributed by atoms with van der Waals surface area (Å²) in [6, 6.07) is 0. The fourth-order valence-electron chi connectivity index (χ4n) is 1.23. The summed E-state index contributed by atoms with van der Waals surface area (Å²) in [5, 5.41) is 11.5. The number of hydrogen-bond acceptors (Lipinski definition) is 4. The Morgan fingerprint density at radius 1 is 1.23 bits per heavy atom. The number of rotatable bonds is 5. The summed E-state index contributed by atoms with van der Waals surface area (Å²) in [5.74, 6) is 0.950. The lowest BCUT2D eigenvalue weighted by molar-refractivity contribution is 0.282. The van der Waals surface area contributed by atoms with Crippen LogP contribution in [-0.2, 0) is 13.1 Å². The third kappa shape index (κ3) is 2.48. The Morgan fingerprint density at radius 2 is 1.92 bits per heavy atom. The molecule has 5 nitrogen and oxygen atoms in total. The first-order chi connectivity index (χ1) is 6.31. The highest BCUT2D eigenvalue weighted by molar-refractivity contribution is 4.80. The van der Waals surface area contributed by atoms with Gasteiger partial charge in [-0.1, -0.05) is 13.8 Å². The van der Waals surface area contributed by atoms with Crippen LogP contribution in [0.25, 0.3) is 0 Å². The van der Waals surface area contributed by atoms with Crippen molar-refractivity contribution in [1.29, 1.82) is 0 Å². The lowest BCUT2D eigenvalue weighted by Crippen LogP contribution is -2.24. The van der Waals surface area contributed by atoms with E-state index in [4.69, 9.17) is 0 Å². The van der Waals surface area contributed by atoms with Gasteiger partial charge in [0.25, 0.3) is 0 Å². The fraction of sp³-hybridized carbons (Fsp3) is 0.875. The highest BCUT2D eigenvalue weighted by Crippen LogP contribution is 1.98. The molecule has 0 N–H and O–H groups in total. The topological polar surface area (TPSA) is 46.8 Å². The zero-order valence-corrected chi connectivity index (χ0v) is 8.56. The van der Waals surface area contributed by atoms with E-state index in [1.165, 1.54) is 0 Å². The van der Waals surface area contributed by atoms with Crippen LogP contribution in [0.3, 0.4) is 0 Å². The van der Waals surface area contributed by atoms with Crippen LogP contribution in [0.4, 0.5) is 0 Å². The quantitative estimate of drug-likeness (QED) is 0.668. The van der Waals surface area contributed by atoms with Crippen molar-refractivity contribution in [2.24, 2.45) is 0 Å². The van der Waals surface area contributed by atoms with Crippen LogP contribution >= 0.6 is 0 Å². The molecule has 0 aliphatic carbocycles. The fourth-order valence-corrected chi connectivity index (χ4v) is 1.23. The van der Waals surface area contributed by atoms with E-state index in [0.717, 1.165) is 32.0 Å². The molecule has 1 aromatic heterocycles. The van der Waals surface area contributed by atoms with Crippen LogP contribution in [0.5, 0.6) is 0 Å². The average molecular weight is 183 g/mol. The van der Waals surface area contributed by atoms with Gasteiger partial charge < -0.3 is 0 Å². The SMILES string of the molecule is CCN(CC)Cc1nnnn1CC. The molecule has 1 rings (SSSR count). The molecule has 1 heterocycles. The van der Waals surface area contributed by atoms with Crippen LogP contribution in [-0.4, -0.2) is 38.2 Å². The normalized spacial score (nSPS) is 11.1. The van der Waals surface area contributed by atoms with Gasteiger partial charge in [0.2, 0.25) is 0 Å². The number of nitrogens with zero attached hydrogens (tertiary/aromatic N) is 5. The van der Waals surface area contributed by atoms with E-state index < -0.39 is 0 Å². The Morgan fingerprint density at radius 3 is 2.46 bits per heavy atom. The minimum atomic E-state index is 0.837. The minimum Gasteiger partial charge on any atom is -0.296 e.